The molecule has 0 saturated carbocycles. The minimum Gasteiger partial charge on any atom is -0.394 e. The van der Waals surface area contributed by atoms with E-state index in [1.807, 2.05) is 0 Å². The summed E-state index contributed by atoms with van der Waals surface area (Å²) in [4.78, 5) is 90.1. The Balaban J connectivity index is 5.26. The Hall–Kier alpha value is -4.23. The molecule has 0 aliphatic heterocycles. The first-order valence-corrected chi connectivity index (χ1v) is 23.3. The van der Waals surface area contributed by atoms with Crippen molar-refractivity contribution in [3.63, 3.8) is 0 Å². The van der Waals surface area contributed by atoms with Gasteiger partial charge >= 0.3 is 0 Å². The van der Waals surface area contributed by atoms with E-state index < -0.39 is 141 Å². The van der Waals surface area contributed by atoms with Crippen molar-refractivity contribution >= 4 is 41.4 Å². The lowest BCUT2D eigenvalue weighted by atomic mass is 9.97. The molecule has 0 aromatic heterocycles. The minimum absolute atomic E-state index is 0.0250. The van der Waals surface area contributed by atoms with Gasteiger partial charge in [0, 0.05) is 38.5 Å². The molecule has 0 bridgehead atoms. The highest BCUT2D eigenvalue weighted by Crippen LogP contribution is 2.12. The van der Waals surface area contributed by atoms with Crippen LogP contribution in [0.4, 0.5) is 0 Å². The molecule has 0 saturated heterocycles. The molecular weight excluding hydrogens is 897 g/mol. The van der Waals surface area contributed by atoms with Gasteiger partial charge in [0.05, 0.1) is 50.0 Å². The Bertz CT molecular complexity index is 1470. The van der Waals surface area contributed by atoms with Crippen molar-refractivity contribution in [2.45, 2.75) is 144 Å². The molecule has 0 fully saturated rings. The van der Waals surface area contributed by atoms with Crippen molar-refractivity contribution in [2.75, 3.05) is 72.6 Å². The maximum Gasteiger partial charge on any atom is 0.252 e. The molecule has 68 heavy (non-hydrogen) atoms. The average molecular weight is 981 g/mol. The topological polar surface area (TPSA) is 479 Å². The molecular formula is C41H84N14O13. The molecule has 0 spiro atoms. The predicted octanol–water partition coefficient (Wildman–Crippen LogP) is -9.28. The lowest BCUT2D eigenvalue weighted by Crippen LogP contribution is -2.60. The fraction of sp³-hybridized carbons (Fsp3) is 0.829. The molecule has 11 atom stereocenters. The summed E-state index contributed by atoms with van der Waals surface area (Å²) in [6, 6.07) is -7.46. The van der Waals surface area contributed by atoms with Crippen molar-refractivity contribution in [3.05, 3.63) is 0 Å². The Morgan fingerprint density at radius 2 is 1.18 bits per heavy atom. The molecule has 27 nitrogen and oxygen atoms in total. The van der Waals surface area contributed by atoms with Gasteiger partial charge in [-0.25, -0.2) is 0 Å². The molecule has 0 aromatic rings. The van der Waals surface area contributed by atoms with Crippen molar-refractivity contribution in [3.8, 4) is 0 Å². The smallest absolute Gasteiger partial charge is 0.252 e. The number of amides is 7. The summed E-state index contributed by atoms with van der Waals surface area (Å²) in [7, 11) is 1.54. The van der Waals surface area contributed by atoms with Crippen LogP contribution in [0.5, 0.6) is 0 Å². The fourth-order valence-electron chi connectivity index (χ4n) is 6.46. The van der Waals surface area contributed by atoms with Crippen LogP contribution >= 0.6 is 0 Å². The van der Waals surface area contributed by atoms with Crippen LogP contribution in [0.2, 0.25) is 0 Å². The van der Waals surface area contributed by atoms with Crippen molar-refractivity contribution in [1.82, 2.24) is 47.9 Å². The molecule has 396 valence electrons. The predicted molar refractivity (Wildman–Crippen MR) is 250 cm³/mol. The molecule has 0 aromatic carbocycles. The number of carbonyl (C=O) groups is 7. The van der Waals surface area contributed by atoms with E-state index in [9.17, 15) is 64.2 Å². The number of aliphatic hydroxyl groups excluding tert-OH is 6. The zero-order valence-corrected chi connectivity index (χ0v) is 39.6. The third-order valence-electron chi connectivity index (χ3n) is 10.6. The van der Waals surface area contributed by atoms with Gasteiger partial charge in [0.1, 0.15) is 24.2 Å². The molecule has 25 N–H and O–H groups in total. The van der Waals surface area contributed by atoms with Crippen LogP contribution < -0.4 is 76.5 Å². The van der Waals surface area contributed by atoms with E-state index >= 15 is 0 Å². The second-order valence-electron chi connectivity index (χ2n) is 16.6. The molecule has 0 heterocycles. The van der Waals surface area contributed by atoms with E-state index in [0.717, 1.165) is 32.4 Å². The largest absolute Gasteiger partial charge is 0.394 e. The van der Waals surface area contributed by atoms with Gasteiger partial charge < -0.3 is 107 Å². The van der Waals surface area contributed by atoms with Gasteiger partial charge in [0.2, 0.25) is 35.4 Å². The first-order chi connectivity index (χ1) is 32.3. The molecule has 0 aliphatic carbocycles. The number of rotatable bonds is 40. The number of nitrogens with two attached hydrogens (primary N) is 5. The second-order valence-corrected chi connectivity index (χ2v) is 16.6. The van der Waals surface area contributed by atoms with Gasteiger partial charge in [-0.1, -0.05) is 6.42 Å². The van der Waals surface area contributed by atoms with Crippen LogP contribution in [0, 0.1) is 0 Å². The number of unbranched alkanes of at least 4 members (excludes halogenated alkanes) is 2. The van der Waals surface area contributed by atoms with Crippen LogP contribution in [0.3, 0.4) is 0 Å². The maximum absolute atomic E-state index is 13.4. The normalized spacial score (nSPS) is 16.2. The highest BCUT2D eigenvalue weighted by Gasteiger charge is 2.33. The maximum atomic E-state index is 13.4. The van der Waals surface area contributed by atoms with Gasteiger partial charge in [-0.3, -0.25) is 33.6 Å². The van der Waals surface area contributed by atoms with E-state index in [1.165, 1.54) is 14.0 Å². The summed E-state index contributed by atoms with van der Waals surface area (Å²) < 4.78 is 0. The van der Waals surface area contributed by atoms with Crippen molar-refractivity contribution in [1.29, 1.82) is 0 Å². The average Bonchev–Trinajstić information content (AvgIpc) is 3.30. The van der Waals surface area contributed by atoms with E-state index in [-0.39, 0.29) is 32.5 Å². The molecule has 27 heteroatoms. The SMILES string of the molecule is CNC[C@H](NC(=O)C[C@@H](O)C[C@H](O)[C@H](CO)NC(=O)[C@@H](CCCN)NC(=O)[C@H](CN)NC(=O)[C@@H](C)NC(=O)[C@H](O)[C@@H](O)C[C@H](O)[C@H](N)CCCCN)C(=O)NCC(=O)NCCCCNCCCN. The Morgan fingerprint density at radius 3 is 1.79 bits per heavy atom. The third kappa shape index (κ3) is 27.7. The van der Waals surface area contributed by atoms with Crippen LogP contribution in [-0.2, 0) is 33.6 Å². The van der Waals surface area contributed by atoms with E-state index in [2.05, 4.69) is 47.9 Å². The van der Waals surface area contributed by atoms with Gasteiger partial charge in [0.15, 0.2) is 6.10 Å². The summed E-state index contributed by atoms with van der Waals surface area (Å²) in [5, 5.41) is 85.5. The highest BCUT2D eigenvalue weighted by atomic mass is 16.3. The molecule has 0 unspecified atom stereocenters. The van der Waals surface area contributed by atoms with Gasteiger partial charge in [-0.15, -0.1) is 0 Å². The lowest BCUT2D eigenvalue weighted by molar-refractivity contribution is -0.140. The summed E-state index contributed by atoms with van der Waals surface area (Å²) >= 11 is 0. The zero-order valence-electron chi connectivity index (χ0n) is 39.6. The summed E-state index contributed by atoms with van der Waals surface area (Å²) in [6.07, 6.45) is -5.45. The van der Waals surface area contributed by atoms with Crippen LogP contribution in [0.15, 0.2) is 0 Å². The Labute approximate surface area is 398 Å². The van der Waals surface area contributed by atoms with Crippen LogP contribution in [0.1, 0.15) is 77.6 Å². The quantitative estimate of drug-likeness (QED) is 0.0254. The number of carbonyl (C=O) groups excluding carboxylic acids is 7. The van der Waals surface area contributed by atoms with Crippen molar-refractivity contribution in [2.24, 2.45) is 28.7 Å². The third-order valence-corrected chi connectivity index (χ3v) is 10.6. The monoisotopic (exact) mass is 981 g/mol. The first kappa shape index (κ1) is 63.8. The Kier molecular flexibility index (Phi) is 35.3. The number of likely N-dealkylation sites (N-methyl/N-ethyl adjacent to an activating group) is 1. The van der Waals surface area contributed by atoms with Gasteiger partial charge in [0.25, 0.3) is 5.91 Å². The zero-order chi connectivity index (χ0) is 51.6. The van der Waals surface area contributed by atoms with Crippen molar-refractivity contribution < 1.29 is 64.2 Å². The summed E-state index contributed by atoms with van der Waals surface area (Å²) in [5.41, 5.74) is 28.2. The van der Waals surface area contributed by atoms with Gasteiger partial charge in [-0.2, -0.15) is 0 Å². The number of hydrogen-bond acceptors (Lipinski definition) is 20. The van der Waals surface area contributed by atoms with E-state index in [4.69, 9.17) is 28.7 Å². The van der Waals surface area contributed by atoms with Gasteiger partial charge in [-0.05, 0) is 91.6 Å². The lowest BCUT2D eigenvalue weighted by Gasteiger charge is -2.28. The highest BCUT2D eigenvalue weighted by molar-refractivity contribution is 5.95. The van der Waals surface area contributed by atoms with E-state index in [1.54, 1.807) is 0 Å². The number of nitrogens with one attached hydrogen (secondary N) is 9. The number of hydrogen-bond donors (Lipinski definition) is 20. The van der Waals surface area contributed by atoms with Crippen LogP contribution in [-0.4, -0.2) is 211 Å². The summed E-state index contributed by atoms with van der Waals surface area (Å²) in [5.74, 6) is -5.79. The van der Waals surface area contributed by atoms with Crippen LogP contribution in [0.25, 0.3) is 0 Å². The standard InChI is InChI=1S/C41H84N14O13/c1-24(51-41(68)36(63)33(60)19-31(58)26(46)9-3-4-11-42)37(64)54-28(20-45)40(67)53-27(10-7-12-43)39(66)55-30(23-56)32(59)17-25(57)18-34(61)52-29(21-47-2)38(65)50-22-35(62)49-16-6-5-14-48-15-8-13-44/h24-33,36,47-48,56-60,63H,3-23,42-46H2,1-2H3,(H,49,62)(H,50,65)(H,51,68)(H,52,61)(H,53,67)(H,54,64)(H,55,66)/t24-,25+,26-,27-,28+,29+,30+,31+,32+,33+,36-/m1/s1. The number of aliphatic hydroxyl groups is 6. The summed E-state index contributed by atoms with van der Waals surface area (Å²) in [6.45, 7) is 2.68. The molecule has 0 aliphatic rings. The second kappa shape index (κ2) is 37.6. The fourth-order valence-corrected chi connectivity index (χ4v) is 6.46. The molecule has 0 rings (SSSR count). The minimum atomic E-state index is -2.05. The Morgan fingerprint density at radius 1 is 0.559 bits per heavy atom. The first-order valence-electron chi connectivity index (χ1n) is 23.3. The molecule has 7 amide bonds. The van der Waals surface area contributed by atoms with E-state index in [0.29, 0.717) is 38.9 Å². The molecule has 0 radical (unpaired) electrons.